The Balaban J connectivity index is 4.34. The summed E-state index contributed by atoms with van der Waals surface area (Å²) in [5, 5.41) is 45.0. The Labute approximate surface area is 70.9 Å². The van der Waals surface area contributed by atoms with E-state index in [1.54, 1.807) is 0 Å². The summed E-state index contributed by atoms with van der Waals surface area (Å²) >= 11 is 0. The van der Waals surface area contributed by atoms with E-state index >= 15 is 0 Å². The molecule has 0 unspecified atom stereocenters. The van der Waals surface area contributed by atoms with Crippen LogP contribution in [0.5, 0.6) is 0 Å². The van der Waals surface area contributed by atoms with Gasteiger partial charge < -0.3 is 25.5 Å². The van der Waals surface area contributed by atoms with Crippen LogP contribution in [0, 0.1) is 0 Å². The minimum Gasteiger partial charge on any atom is -0.394 e. The van der Waals surface area contributed by atoms with Gasteiger partial charge in [0.1, 0.15) is 17.8 Å². The molecule has 0 bridgehead atoms. The molecule has 0 aliphatic heterocycles. The van der Waals surface area contributed by atoms with Crippen LogP contribution in [-0.4, -0.2) is 56.1 Å². The molecule has 0 amide bonds. The SMILES string of the molecule is C[C@H](O)[C@@](C)(O)[C@H](O)[C@H](O)CO. The zero-order valence-electron chi connectivity index (χ0n) is 7.18. The van der Waals surface area contributed by atoms with E-state index in [4.69, 9.17) is 15.3 Å². The Kier molecular flexibility index (Phi) is 4.09. The van der Waals surface area contributed by atoms with Gasteiger partial charge in [0.15, 0.2) is 0 Å². The first-order valence-electron chi connectivity index (χ1n) is 3.71. The molecule has 74 valence electrons. The summed E-state index contributed by atoms with van der Waals surface area (Å²) in [6, 6.07) is 0. The van der Waals surface area contributed by atoms with Crippen LogP contribution in [-0.2, 0) is 0 Å². The van der Waals surface area contributed by atoms with E-state index in [2.05, 4.69) is 0 Å². The minimum absolute atomic E-state index is 0.663. The molecule has 0 radical (unpaired) electrons. The second-order valence-corrected chi connectivity index (χ2v) is 3.10. The Hall–Kier alpha value is -0.200. The largest absolute Gasteiger partial charge is 0.394 e. The Morgan fingerprint density at radius 2 is 1.67 bits per heavy atom. The lowest BCUT2D eigenvalue weighted by molar-refractivity contribution is -0.168. The van der Waals surface area contributed by atoms with Gasteiger partial charge in [-0.3, -0.25) is 0 Å². The van der Waals surface area contributed by atoms with Gasteiger partial charge in [0.25, 0.3) is 0 Å². The number of hydrogen-bond donors (Lipinski definition) is 5. The molecule has 0 rings (SSSR count). The molecule has 0 aromatic heterocycles. The van der Waals surface area contributed by atoms with E-state index in [1.165, 1.54) is 13.8 Å². The molecule has 0 aliphatic carbocycles. The van der Waals surface area contributed by atoms with Crippen LogP contribution in [0.25, 0.3) is 0 Å². The summed E-state index contributed by atoms with van der Waals surface area (Å²) in [4.78, 5) is 0. The molecule has 5 N–H and O–H groups in total. The zero-order valence-corrected chi connectivity index (χ0v) is 7.18. The summed E-state index contributed by atoms with van der Waals surface area (Å²) in [6.45, 7) is 1.80. The summed E-state index contributed by atoms with van der Waals surface area (Å²) < 4.78 is 0. The number of rotatable bonds is 4. The van der Waals surface area contributed by atoms with Crippen LogP contribution in [0.1, 0.15) is 13.8 Å². The highest BCUT2D eigenvalue weighted by Crippen LogP contribution is 2.17. The van der Waals surface area contributed by atoms with E-state index in [0.717, 1.165) is 0 Å². The molecule has 0 fully saturated rings. The maximum atomic E-state index is 9.39. The van der Waals surface area contributed by atoms with Crippen LogP contribution in [0.2, 0.25) is 0 Å². The van der Waals surface area contributed by atoms with Crippen molar-refractivity contribution < 1.29 is 25.5 Å². The van der Waals surface area contributed by atoms with E-state index in [-0.39, 0.29) is 0 Å². The Morgan fingerprint density at radius 1 is 1.25 bits per heavy atom. The second-order valence-electron chi connectivity index (χ2n) is 3.10. The van der Waals surface area contributed by atoms with Crippen molar-refractivity contribution in [1.82, 2.24) is 0 Å². The van der Waals surface area contributed by atoms with E-state index in [0.29, 0.717) is 0 Å². The fourth-order valence-corrected chi connectivity index (χ4v) is 0.736. The summed E-state index contributed by atoms with van der Waals surface area (Å²) in [5.41, 5.74) is -1.82. The van der Waals surface area contributed by atoms with Crippen LogP contribution in [0.4, 0.5) is 0 Å². The van der Waals surface area contributed by atoms with Crippen molar-refractivity contribution in [2.75, 3.05) is 6.61 Å². The predicted octanol–water partition coefficient (Wildman–Crippen LogP) is -2.17. The molecule has 5 heteroatoms. The lowest BCUT2D eigenvalue weighted by Crippen LogP contribution is -2.54. The maximum Gasteiger partial charge on any atom is 0.116 e. The third-order valence-corrected chi connectivity index (χ3v) is 2.00. The third-order valence-electron chi connectivity index (χ3n) is 2.00. The van der Waals surface area contributed by atoms with E-state index in [1.807, 2.05) is 0 Å². The first-order valence-corrected chi connectivity index (χ1v) is 3.71. The Bertz CT molecular complexity index is 134. The molecular formula is C7H16O5. The quantitative estimate of drug-likeness (QED) is 0.339. The molecule has 0 spiro atoms. The van der Waals surface area contributed by atoms with Gasteiger partial charge in [0.2, 0.25) is 0 Å². The second kappa shape index (κ2) is 4.15. The number of aliphatic hydroxyl groups is 5. The molecule has 0 saturated heterocycles. The standard InChI is InChI=1S/C7H16O5/c1-4(9)7(2,12)6(11)5(10)3-8/h4-6,8-12H,3H2,1-2H3/t4-,5+,6+,7+/m0/s1. The normalized spacial score (nSPS) is 24.2. The van der Waals surface area contributed by atoms with Crippen molar-refractivity contribution >= 4 is 0 Å². The van der Waals surface area contributed by atoms with Gasteiger partial charge in [-0.05, 0) is 13.8 Å². The minimum atomic E-state index is -1.82. The summed E-state index contributed by atoms with van der Waals surface area (Å²) in [6.07, 6.45) is -4.20. The van der Waals surface area contributed by atoms with Gasteiger partial charge in [-0.2, -0.15) is 0 Å². The molecule has 0 saturated carbocycles. The van der Waals surface area contributed by atoms with Crippen molar-refractivity contribution in [2.45, 2.75) is 37.8 Å². The molecule has 0 aromatic carbocycles. The van der Waals surface area contributed by atoms with Gasteiger partial charge in [-0.1, -0.05) is 0 Å². The lowest BCUT2D eigenvalue weighted by atomic mass is 9.90. The van der Waals surface area contributed by atoms with Crippen molar-refractivity contribution in [1.29, 1.82) is 0 Å². The van der Waals surface area contributed by atoms with Gasteiger partial charge in [-0.15, -0.1) is 0 Å². The number of hydrogen-bond acceptors (Lipinski definition) is 5. The van der Waals surface area contributed by atoms with Crippen molar-refractivity contribution in [3.63, 3.8) is 0 Å². The molecule has 0 aliphatic rings. The molecule has 12 heavy (non-hydrogen) atoms. The summed E-state index contributed by atoms with van der Waals surface area (Å²) in [7, 11) is 0. The van der Waals surface area contributed by atoms with E-state index < -0.39 is 30.5 Å². The first kappa shape index (κ1) is 11.8. The highest BCUT2D eigenvalue weighted by atomic mass is 16.4. The topological polar surface area (TPSA) is 101 Å². The average molecular weight is 180 g/mol. The monoisotopic (exact) mass is 180 g/mol. The highest BCUT2D eigenvalue weighted by molar-refractivity contribution is 4.90. The molecule has 0 heterocycles. The van der Waals surface area contributed by atoms with Crippen LogP contribution < -0.4 is 0 Å². The van der Waals surface area contributed by atoms with Crippen LogP contribution >= 0.6 is 0 Å². The van der Waals surface area contributed by atoms with Crippen molar-refractivity contribution in [3.8, 4) is 0 Å². The first-order chi connectivity index (χ1) is 5.34. The van der Waals surface area contributed by atoms with Gasteiger partial charge in [0.05, 0.1) is 12.7 Å². The molecule has 4 atom stereocenters. The van der Waals surface area contributed by atoms with Gasteiger partial charge in [0, 0.05) is 0 Å². The van der Waals surface area contributed by atoms with Crippen LogP contribution in [0.15, 0.2) is 0 Å². The van der Waals surface area contributed by atoms with Gasteiger partial charge >= 0.3 is 0 Å². The van der Waals surface area contributed by atoms with Crippen molar-refractivity contribution in [3.05, 3.63) is 0 Å². The zero-order chi connectivity index (χ0) is 9.94. The Morgan fingerprint density at radius 3 is 1.92 bits per heavy atom. The van der Waals surface area contributed by atoms with Gasteiger partial charge in [-0.25, -0.2) is 0 Å². The van der Waals surface area contributed by atoms with Crippen molar-refractivity contribution in [2.24, 2.45) is 0 Å². The fraction of sp³-hybridized carbons (Fsp3) is 1.00. The summed E-state index contributed by atoms with van der Waals surface area (Å²) in [5.74, 6) is 0. The lowest BCUT2D eigenvalue weighted by Gasteiger charge is -2.33. The molecular weight excluding hydrogens is 164 g/mol. The fourth-order valence-electron chi connectivity index (χ4n) is 0.736. The predicted molar refractivity (Wildman–Crippen MR) is 41.4 cm³/mol. The third kappa shape index (κ3) is 2.40. The average Bonchev–Trinajstić information content (AvgIpc) is 2.01. The number of aliphatic hydroxyl groups excluding tert-OH is 4. The molecule has 5 nitrogen and oxygen atoms in total. The maximum absolute atomic E-state index is 9.39. The smallest absolute Gasteiger partial charge is 0.116 e. The van der Waals surface area contributed by atoms with Crippen LogP contribution in [0.3, 0.4) is 0 Å². The highest BCUT2D eigenvalue weighted by Gasteiger charge is 2.39. The van der Waals surface area contributed by atoms with E-state index in [9.17, 15) is 10.2 Å². The molecule has 0 aromatic rings.